The lowest BCUT2D eigenvalue weighted by Crippen LogP contribution is -2.03. The quantitative estimate of drug-likeness (QED) is 0.153. The molecule has 0 amide bonds. The monoisotopic (exact) mass is 646 g/mol. The van der Waals surface area contributed by atoms with Gasteiger partial charge in [0.05, 0.1) is 11.0 Å². The zero-order chi connectivity index (χ0) is 35.7. The number of ether oxygens (including phenoxy) is 4. The molecule has 0 aliphatic heterocycles. The molecule has 0 bridgehead atoms. The molecule has 238 valence electrons. The molecule has 9 nitrogen and oxygen atoms in total. The fourth-order valence-corrected chi connectivity index (χ4v) is 5.50. The zero-order valence-corrected chi connectivity index (χ0v) is 26.1. The van der Waals surface area contributed by atoms with E-state index in [4.69, 9.17) is 28.0 Å². The van der Waals surface area contributed by atoms with Gasteiger partial charge in [-0.05, 0) is 80.5 Å². The number of pyridine rings is 2. The first-order valence-corrected chi connectivity index (χ1v) is 15.4. The molecule has 8 rings (SSSR count). The van der Waals surface area contributed by atoms with E-state index in [-0.39, 0.29) is 11.6 Å². The van der Waals surface area contributed by atoms with E-state index in [1.807, 2.05) is 102 Å². The first-order chi connectivity index (χ1) is 25.2. The molecule has 0 fully saturated rings. The van der Waals surface area contributed by atoms with Crippen LogP contribution in [0.3, 0.4) is 0 Å². The van der Waals surface area contributed by atoms with Crippen molar-refractivity contribution in [2.45, 2.75) is 13.8 Å². The zero-order valence-electron chi connectivity index (χ0n) is 29.1. The van der Waals surface area contributed by atoms with Crippen molar-refractivity contribution in [1.82, 2.24) is 24.5 Å². The summed E-state index contributed by atoms with van der Waals surface area (Å²) in [6.45, 7) is -0.689. The molecule has 4 aromatic heterocycles. The first-order valence-electron chi connectivity index (χ1n) is 16.9. The third-order valence-corrected chi connectivity index (χ3v) is 7.56. The van der Waals surface area contributed by atoms with E-state index in [0.717, 1.165) is 10.8 Å². The summed E-state index contributed by atoms with van der Waals surface area (Å²) in [6.07, 6.45) is 3.32. The van der Waals surface area contributed by atoms with Crippen LogP contribution in [0.4, 0.5) is 0 Å². The number of rotatable bonds is 9. The van der Waals surface area contributed by atoms with Crippen LogP contribution in [0.1, 0.15) is 15.5 Å². The summed E-state index contributed by atoms with van der Waals surface area (Å²) in [4.78, 5) is 17.7. The van der Waals surface area contributed by atoms with Crippen LogP contribution in [-0.4, -0.2) is 24.5 Å². The number of hydrogen-bond acceptors (Lipinski definition) is 8. The Morgan fingerprint density at radius 3 is 1.47 bits per heavy atom. The van der Waals surface area contributed by atoms with Crippen molar-refractivity contribution in [2.24, 2.45) is 0 Å². The second-order valence-electron chi connectivity index (χ2n) is 11.1. The molecule has 0 unspecified atom stereocenters. The molecule has 0 atom stereocenters. The van der Waals surface area contributed by atoms with Crippen LogP contribution in [0, 0.1) is 13.8 Å². The van der Waals surface area contributed by atoms with Gasteiger partial charge in [0.15, 0.2) is 0 Å². The van der Waals surface area contributed by atoms with E-state index in [2.05, 4.69) is 15.0 Å². The van der Waals surface area contributed by atoms with Gasteiger partial charge in [0.2, 0.25) is 17.7 Å². The van der Waals surface area contributed by atoms with Crippen LogP contribution in [0.15, 0.2) is 140 Å². The summed E-state index contributed by atoms with van der Waals surface area (Å²) in [5.41, 5.74) is 1.87. The summed E-state index contributed by atoms with van der Waals surface area (Å²) in [5, 5.41) is 1.76. The highest BCUT2D eigenvalue weighted by Gasteiger charge is 2.17. The standard InChI is InChI=1S/C40H29N5O4/c1-26-21-27(2)44-40(43-26)45-36-24-32(46-28-9-7-11-30(22-28)48-38-13-3-5-19-41-38)15-17-34(36)35-18-16-33(25-37(35)45)47-29-10-8-12-31(23-29)49-39-14-4-6-20-42-39/h3-25H,1-2H3/i1D3. The Hall–Kier alpha value is -6.74. The van der Waals surface area contributed by atoms with Crippen LogP contribution in [0.5, 0.6) is 46.3 Å². The number of benzene rings is 4. The molecule has 0 radical (unpaired) electrons. The number of hydrogen-bond donors (Lipinski definition) is 0. The molecule has 9 heteroatoms. The normalized spacial score (nSPS) is 12.2. The summed E-state index contributed by atoms with van der Waals surface area (Å²) in [5.74, 6) is 4.46. The molecule has 0 spiro atoms. The van der Waals surface area contributed by atoms with Crippen molar-refractivity contribution in [2.75, 3.05) is 0 Å². The fraction of sp³-hybridized carbons (Fsp3) is 0.0500. The van der Waals surface area contributed by atoms with Gasteiger partial charge in [-0.25, -0.2) is 19.9 Å². The van der Waals surface area contributed by atoms with Gasteiger partial charge < -0.3 is 18.9 Å². The minimum Gasteiger partial charge on any atom is -0.457 e. The molecule has 0 saturated carbocycles. The number of nitrogens with zero attached hydrogens (tertiary/aromatic N) is 5. The highest BCUT2D eigenvalue weighted by Crippen LogP contribution is 2.38. The summed E-state index contributed by atoms with van der Waals surface area (Å²) < 4.78 is 50.5. The van der Waals surface area contributed by atoms with E-state index in [1.54, 1.807) is 43.6 Å². The van der Waals surface area contributed by atoms with Crippen molar-refractivity contribution in [1.29, 1.82) is 0 Å². The third kappa shape index (κ3) is 6.45. The number of fused-ring (bicyclic) bond motifs is 3. The number of aromatic nitrogens is 5. The fourth-order valence-electron chi connectivity index (χ4n) is 5.50. The summed E-state index contributed by atoms with van der Waals surface area (Å²) >= 11 is 0. The van der Waals surface area contributed by atoms with Crippen molar-refractivity contribution >= 4 is 21.8 Å². The molecular formula is C40H29N5O4. The lowest BCUT2D eigenvalue weighted by Gasteiger charge is -2.11. The topological polar surface area (TPSA) is 93.4 Å². The predicted octanol–water partition coefficient (Wildman–Crippen LogP) is 10.1. The molecule has 49 heavy (non-hydrogen) atoms. The lowest BCUT2D eigenvalue weighted by molar-refractivity contribution is 0.448. The lowest BCUT2D eigenvalue weighted by atomic mass is 10.1. The van der Waals surface area contributed by atoms with E-state index in [1.165, 1.54) is 6.07 Å². The Labute approximate surface area is 286 Å². The van der Waals surface area contributed by atoms with Gasteiger partial charge in [-0.15, -0.1) is 0 Å². The third-order valence-electron chi connectivity index (χ3n) is 7.56. The molecule has 0 saturated heterocycles. The van der Waals surface area contributed by atoms with Gasteiger partial charge in [0.25, 0.3) is 0 Å². The number of aryl methyl sites for hydroxylation is 2. The summed E-state index contributed by atoms with van der Waals surface area (Å²) in [7, 11) is 0. The first kappa shape index (κ1) is 26.3. The largest absolute Gasteiger partial charge is 0.457 e. The minimum atomic E-state index is -2.44. The van der Waals surface area contributed by atoms with E-state index < -0.39 is 6.85 Å². The molecule has 0 N–H and O–H groups in total. The SMILES string of the molecule is [2H]C([2H])([2H])c1cc(C)nc(-n2c3cc(Oc4cccc(Oc5ccccn5)c4)ccc3c3ccc(Oc4cccc(Oc5ccccn5)c4)cc32)n1. The Morgan fingerprint density at radius 2 is 0.980 bits per heavy atom. The minimum absolute atomic E-state index is 0.0562. The van der Waals surface area contributed by atoms with E-state index in [0.29, 0.717) is 63.0 Å². The van der Waals surface area contributed by atoms with Crippen molar-refractivity contribution in [3.8, 4) is 52.2 Å². The van der Waals surface area contributed by atoms with Gasteiger partial charge in [-0.1, -0.05) is 24.3 Å². The van der Waals surface area contributed by atoms with E-state index >= 15 is 0 Å². The van der Waals surface area contributed by atoms with Gasteiger partial charge in [0.1, 0.15) is 34.5 Å². The molecule has 4 aromatic carbocycles. The van der Waals surface area contributed by atoms with Crippen molar-refractivity contribution in [3.63, 3.8) is 0 Å². The molecule has 0 aliphatic carbocycles. The predicted molar refractivity (Wildman–Crippen MR) is 187 cm³/mol. The highest BCUT2D eigenvalue weighted by atomic mass is 16.5. The highest BCUT2D eigenvalue weighted by molar-refractivity contribution is 6.09. The van der Waals surface area contributed by atoms with Gasteiger partial charge in [0, 0.05) is 75.1 Å². The smallest absolute Gasteiger partial charge is 0.235 e. The van der Waals surface area contributed by atoms with Gasteiger partial charge >= 0.3 is 0 Å². The maximum atomic E-state index is 8.08. The maximum absolute atomic E-state index is 8.08. The van der Waals surface area contributed by atoms with Crippen LogP contribution in [-0.2, 0) is 0 Å². The molecule has 4 heterocycles. The second kappa shape index (κ2) is 12.8. The van der Waals surface area contributed by atoms with E-state index in [9.17, 15) is 0 Å². The molecule has 0 aliphatic rings. The van der Waals surface area contributed by atoms with Crippen LogP contribution in [0.25, 0.3) is 27.8 Å². The molecule has 8 aromatic rings. The Balaban J connectivity index is 1.19. The Kier molecular flexibility index (Phi) is 6.89. The van der Waals surface area contributed by atoms with Crippen LogP contribution < -0.4 is 18.9 Å². The second-order valence-corrected chi connectivity index (χ2v) is 11.1. The Bertz CT molecular complexity index is 2400. The average Bonchev–Trinajstić information content (AvgIpc) is 3.45. The summed E-state index contributed by atoms with van der Waals surface area (Å²) in [6, 6.07) is 38.3. The Morgan fingerprint density at radius 1 is 0.490 bits per heavy atom. The van der Waals surface area contributed by atoms with Gasteiger partial charge in [-0.2, -0.15) is 0 Å². The van der Waals surface area contributed by atoms with Crippen LogP contribution in [0.2, 0.25) is 0 Å². The average molecular weight is 647 g/mol. The van der Waals surface area contributed by atoms with Crippen LogP contribution >= 0.6 is 0 Å². The van der Waals surface area contributed by atoms with Crippen molar-refractivity contribution < 1.29 is 23.1 Å². The molecular weight excluding hydrogens is 614 g/mol. The van der Waals surface area contributed by atoms with Gasteiger partial charge in [-0.3, -0.25) is 4.57 Å². The maximum Gasteiger partial charge on any atom is 0.235 e. The van der Waals surface area contributed by atoms with Crippen molar-refractivity contribution in [3.05, 3.63) is 151 Å².